The Morgan fingerprint density at radius 1 is 1.35 bits per heavy atom. The lowest BCUT2D eigenvalue weighted by Gasteiger charge is -2.22. The van der Waals surface area contributed by atoms with Gasteiger partial charge in [-0.25, -0.2) is 0 Å². The number of hydrogen-bond acceptors (Lipinski definition) is 3. The molecule has 0 aromatic heterocycles. The topological polar surface area (TPSA) is 64.3 Å². The summed E-state index contributed by atoms with van der Waals surface area (Å²) in [4.78, 5) is 11.8. The standard InChI is InChI=1S/C15H21ClN2O2/c16-13-8-11(9-17)6-7-14(13)20-10-15(19)18-12-4-2-1-3-5-12/h6-8,12H,1-5,9-10,17H2,(H,18,19). The molecule has 20 heavy (non-hydrogen) atoms. The van der Waals surface area contributed by atoms with Gasteiger partial charge < -0.3 is 15.8 Å². The van der Waals surface area contributed by atoms with E-state index in [1.807, 2.05) is 6.07 Å². The predicted molar refractivity (Wildman–Crippen MR) is 79.9 cm³/mol. The second-order valence-electron chi connectivity index (χ2n) is 5.16. The van der Waals surface area contributed by atoms with Crippen LogP contribution in [0.4, 0.5) is 0 Å². The highest BCUT2D eigenvalue weighted by Crippen LogP contribution is 2.25. The van der Waals surface area contributed by atoms with Gasteiger partial charge in [0.2, 0.25) is 0 Å². The van der Waals surface area contributed by atoms with Crippen molar-refractivity contribution in [3.63, 3.8) is 0 Å². The molecule has 1 aromatic rings. The second-order valence-corrected chi connectivity index (χ2v) is 5.57. The van der Waals surface area contributed by atoms with Crippen molar-refractivity contribution in [2.75, 3.05) is 6.61 Å². The van der Waals surface area contributed by atoms with Gasteiger partial charge in [0.05, 0.1) is 5.02 Å². The van der Waals surface area contributed by atoms with Crippen LogP contribution in [0.3, 0.4) is 0 Å². The van der Waals surface area contributed by atoms with Gasteiger partial charge in [-0.05, 0) is 30.5 Å². The SMILES string of the molecule is NCc1ccc(OCC(=O)NC2CCCCC2)c(Cl)c1. The molecule has 3 N–H and O–H groups in total. The lowest BCUT2D eigenvalue weighted by molar-refractivity contribution is -0.124. The Balaban J connectivity index is 1.80. The van der Waals surface area contributed by atoms with Gasteiger partial charge in [-0.3, -0.25) is 4.79 Å². The van der Waals surface area contributed by atoms with Crippen LogP contribution in [0.1, 0.15) is 37.7 Å². The number of carbonyl (C=O) groups is 1. The summed E-state index contributed by atoms with van der Waals surface area (Å²) in [5, 5.41) is 3.49. The zero-order valence-electron chi connectivity index (χ0n) is 11.5. The predicted octanol–water partition coefficient (Wildman–Crippen LogP) is 2.63. The van der Waals surface area contributed by atoms with Crippen molar-refractivity contribution < 1.29 is 9.53 Å². The monoisotopic (exact) mass is 296 g/mol. The first-order chi connectivity index (χ1) is 9.69. The van der Waals surface area contributed by atoms with Crippen LogP contribution in [-0.2, 0) is 11.3 Å². The van der Waals surface area contributed by atoms with E-state index < -0.39 is 0 Å². The Kier molecular flexibility index (Phi) is 5.68. The average Bonchev–Trinajstić information content (AvgIpc) is 2.47. The van der Waals surface area contributed by atoms with E-state index in [1.165, 1.54) is 19.3 Å². The molecule has 1 aliphatic carbocycles. The number of amides is 1. The van der Waals surface area contributed by atoms with Gasteiger partial charge in [0.25, 0.3) is 5.91 Å². The molecule has 0 aliphatic heterocycles. The van der Waals surface area contributed by atoms with Crippen LogP contribution in [-0.4, -0.2) is 18.6 Å². The first-order valence-corrected chi connectivity index (χ1v) is 7.47. The summed E-state index contributed by atoms with van der Waals surface area (Å²) < 4.78 is 5.45. The van der Waals surface area contributed by atoms with Crippen LogP contribution in [0.5, 0.6) is 5.75 Å². The number of halogens is 1. The van der Waals surface area contributed by atoms with Crippen molar-refractivity contribution in [3.05, 3.63) is 28.8 Å². The second kappa shape index (κ2) is 7.50. The molecule has 0 atom stereocenters. The quantitative estimate of drug-likeness (QED) is 0.878. The highest BCUT2D eigenvalue weighted by molar-refractivity contribution is 6.32. The summed E-state index contributed by atoms with van der Waals surface area (Å²) in [6.07, 6.45) is 5.79. The molecule has 4 nitrogen and oxygen atoms in total. The molecule has 110 valence electrons. The van der Waals surface area contributed by atoms with E-state index in [9.17, 15) is 4.79 Å². The fraction of sp³-hybridized carbons (Fsp3) is 0.533. The van der Waals surface area contributed by atoms with Crippen molar-refractivity contribution in [1.82, 2.24) is 5.32 Å². The summed E-state index contributed by atoms with van der Waals surface area (Å²) in [6, 6.07) is 5.66. The van der Waals surface area contributed by atoms with Crippen LogP contribution < -0.4 is 15.8 Å². The molecule has 1 aromatic carbocycles. The zero-order valence-corrected chi connectivity index (χ0v) is 12.3. The molecule has 0 saturated heterocycles. The van der Waals surface area contributed by atoms with E-state index in [2.05, 4.69) is 5.32 Å². The van der Waals surface area contributed by atoms with Crippen LogP contribution in [0, 0.1) is 0 Å². The van der Waals surface area contributed by atoms with Crippen molar-refractivity contribution in [2.24, 2.45) is 5.73 Å². The Morgan fingerprint density at radius 2 is 2.10 bits per heavy atom. The van der Waals surface area contributed by atoms with Crippen molar-refractivity contribution in [1.29, 1.82) is 0 Å². The molecule has 2 rings (SSSR count). The molecular weight excluding hydrogens is 276 g/mol. The molecule has 1 saturated carbocycles. The molecule has 0 radical (unpaired) electrons. The van der Waals surface area contributed by atoms with E-state index in [4.69, 9.17) is 22.1 Å². The van der Waals surface area contributed by atoms with Gasteiger partial charge in [-0.1, -0.05) is 36.9 Å². The number of hydrogen-bond donors (Lipinski definition) is 2. The van der Waals surface area contributed by atoms with Crippen molar-refractivity contribution in [2.45, 2.75) is 44.7 Å². The zero-order chi connectivity index (χ0) is 14.4. The molecule has 0 bridgehead atoms. The molecule has 1 aliphatic rings. The molecule has 0 unspecified atom stereocenters. The highest BCUT2D eigenvalue weighted by atomic mass is 35.5. The van der Waals surface area contributed by atoms with Crippen LogP contribution in [0.15, 0.2) is 18.2 Å². The number of nitrogens with one attached hydrogen (secondary N) is 1. The van der Waals surface area contributed by atoms with Gasteiger partial charge in [0.15, 0.2) is 6.61 Å². The third-order valence-corrected chi connectivity index (χ3v) is 3.86. The van der Waals surface area contributed by atoms with Gasteiger partial charge in [0.1, 0.15) is 5.75 Å². The first-order valence-electron chi connectivity index (χ1n) is 7.09. The van der Waals surface area contributed by atoms with E-state index in [1.54, 1.807) is 12.1 Å². The first kappa shape index (κ1) is 15.1. The molecule has 1 amide bonds. The molecule has 0 heterocycles. The Morgan fingerprint density at radius 3 is 2.75 bits per heavy atom. The normalized spacial score (nSPS) is 15.9. The maximum atomic E-state index is 11.8. The highest BCUT2D eigenvalue weighted by Gasteiger charge is 2.16. The molecule has 1 fully saturated rings. The summed E-state index contributed by atoms with van der Waals surface area (Å²) in [6.45, 7) is 0.431. The molecular formula is C15H21ClN2O2. The van der Waals surface area contributed by atoms with E-state index in [0.717, 1.165) is 18.4 Å². The van der Waals surface area contributed by atoms with Gasteiger partial charge in [-0.15, -0.1) is 0 Å². The molecule has 5 heteroatoms. The Labute approximate surface area is 124 Å². The molecule has 0 spiro atoms. The van der Waals surface area contributed by atoms with Gasteiger partial charge >= 0.3 is 0 Å². The number of nitrogens with two attached hydrogens (primary N) is 1. The summed E-state index contributed by atoms with van der Waals surface area (Å²) >= 11 is 6.07. The minimum absolute atomic E-state index is 0.00179. The van der Waals surface area contributed by atoms with Crippen molar-refractivity contribution >= 4 is 17.5 Å². The number of carbonyl (C=O) groups excluding carboxylic acids is 1. The van der Waals surface area contributed by atoms with Crippen LogP contribution in [0.2, 0.25) is 5.02 Å². The average molecular weight is 297 g/mol. The minimum Gasteiger partial charge on any atom is -0.482 e. The van der Waals surface area contributed by atoms with Crippen LogP contribution in [0.25, 0.3) is 0 Å². The number of ether oxygens (including phenoxy) is 1. The fourth-order valence-electron chi connectivity index (χ4n) is 2.45. The smallest absolute Gasteiger partial charge is 0.258 e. The third-order valence-electron chi connectivity index (χ3n) is 3.56. The van der Waals surface area contributed by atoms with E-state index >= 15 is 0 Å². The Hall–Kier alpha value is -1.26. The minimum atomic E-state index is -0.0872. The lowest BCUT2D eigenvalue weighted by atomic mass is 9.95. The summed E-state index contributed by atoms with van der Waals surface area (Å²) in [7, 11) is 0. The van der Waals surface area contributed by atoms with Crippen molar-refractivity contribution in [3.8, 4) is 5.75 Å². The van der Waals surface area contributed by atoms with Crippen LogP contribution >= 0.6 is 11.6 Å². The number of rotatable bonds is 5. The van der Waals surface area contributed by atoms with Gasteiger partial charge in [0, 0.05) is 12.6 Å². The largest absolute Gasteiger partial charge is 0.482 e. The van der Waals surface area contributed by atoms with Gasteiger partial charge in [-0.2, -0.15) is 0 Å². The van der Waals surface area contributed by atoms with E-state index in [0.29, 0.717) is 23.4 Å². The lowest BCUT2D eigenvalue weighted by Crippen LogP contribution is -2.38. The fourth-order valence-corrected chi connectivity index (χ4v) is 2.71. The summed E-state index contributed by atoms with van der Waals surface area (Å²) in [5.74, 6) is 0.429. The maximum absolute atomic E-state index is 11.8. The summed E-state index contributed by atoms with van der Waals surface area (Å²) in [5.41, 5.74) is 6.47. The third kappa shape index (κ3) is 4.39. The maximum Gasteiger partial charge on any atom is 0.258 e. The number of benzene rings is 1. The Bertz CT molecular complexity index is 459. The van der Waals surface area contributed by atoms with E-state index in [-0.39, 0.29) is 12.5 Å².